The number of benzene rings is 1. The lowest BCUT2D eigenvalue weighted by molar-refractivity contribution is 0.0324. The standard InChI is InChI=1S/C23H39N3O4S/c1-4-7-8-9-13-25(15-14-24-16-18-30-19-17-24)23(27)21-11-10-12-22(20-21)31(28,29)26(5-2)6-3/h10-12,20H,4-9,13-19H2,1-3H3. The molecule has 0 atom stereocenters. The molecular weight excluding hydrogens is 414 g/mol. The first-order valence-corrected chi connectivity index (χ1v) is 13.1. The molecule has 0 spiro atoms. The van der Waals surface area contributed by atoms with Gasteiger partial charge in [-0.15, -0.1) is 0 Å². The Morgan fingerprint density at radius 1 is 1.03 bits per heavy atom. The molecule has 0 unspecified atom stereocenters. The van der Waals surface area contributed by atoms with Crippen LogP contribution >= 0.6 is 0 Å². The summed E-state index contributed by atoms with van der Waals surface area (Å²) in [5, 5.41) is 0. The lowest BCUT2D eigenvalue weighted by Crippen LogP contribution is -2.43. The molecule has 2 rings (SSSR count). The maximum atomic E-state index is 13.3. The third-order valence-electron chi connectivity index (χ3n) is 5.78. The number of carbonyl (C=O) groups is 1. The van der Waals surface area contributed by atoms with E-state index in [0.29, 0.717) is 31.7 Å². The van der Waals surface area contributed by atoms with Crippen LogP contribution in [0.5, 0.6) is 0 Å². The van der Waals surface area contributed by atoms with Crippen LogP contribution in [0, 0.1) is 0 Å². The summed E-state index contributed by atoms with van der Waals surface area (Å²) in [6.45, 7) is 12.0. The minimum absolute atomic E-state index is 0.0960. The SMILES string of the molecule is CCCCCCN(CCN1CCOCC1)C(=O)c1cccc(S(=O)(=O)N(CC)CC)c1. The van der Waals surface area contributed by atoms with E-state index in [9.17, 15) is 13.2 Å². The van der Waals surface area contributed by atoms with Crippen LogP contribution in [0.3, 0.4) is 0 Å². The maximum absolute atomic E-state index is 13.3. The highest BCUT2D eigenvalue weighted by Crippen LogP contribution is 2.18. The predicted molar refractivity (Wildman–Crippen MR) is 124 cm³/mol. The first kappa shape index (κ1) is 25.8. The van der Waals surface area contributed by atoms with Gasteiger partial charge in [-0.25, -0.2) is 8.42 Å². The van der Waals surface area contributed by atoms with Gasteiger partial charge in [0.1, 0.15) is 0 Å². The molecule has 7 nitrogen and oxygen atoms in total. The number of rotatable bonds is 13. The van der Waals surface area contributed by atoms with Crippen LogP contribution in [-0.4, -0.2) is 87.5 Å². The van der Waals surface area contributed by atoms with E-state index in [0.717, 1.165) is 58.5 Å². The maximum Gasteiger partial charge on any atom is 0.253 e. The van der Waals surface area contributed by atoms with Crippen molar-refractivity contribution in [3.05, 3.63) is 29.8 Å². The van der Waals surface area contributed by atoms with Crippen LogP contribution in [0.25, 0.3) is 0 Å². The Labute approximate surface area is 188 Å². The number of sulfonamides is 1. The van der Waals surface area contributed by atoms with E-state index in [1.54, 1.807) is 18.2 Å². The summed E-state index contributed by atoms with van der Waals surface area (Å²) in [6.07, 6.45) is 4.35. The number of hydrogen-bond donors (Lipinski definition) is 0. The highest BCUT2D eigenvalue weighted by atomic mass is 32.2. The predicted octanol–water partition coefficient (Wildman–Crippen LogP) is 3.07. The minimum atomic E-state index is -3.60. The van der Waals surface area contributed by atoms with Crippen LogP contribution in [0.4, 0.5) is 0 Å². The van der Waals surface area contributed by atoms with Gasteiger partial charge in [0.25, 0.3) is 5.91 Å². The van der Waals surface area contributed by atoms with E-state index in [2.05, 4.69) is 11.8 Å². The van der Waals surface area contributed by atoms with Crippen molar-refractivity contribution < 1.29 is 17.9 Å². The van der Waals surface area contributed by atoms with Crippen LogP contribution in [0.1, 0.15) is 56.8 Å². The molecule has 1 aliphatic heterocycles. The molecule has 8 heteroatoms. The van der Waals surface area contributed by atoms with Crippen molar-refractivity contribution in [1.82, 2.24) is 14.1 Å². The molecule has 1 fully saturated rings. The number of nitrogens with zero attached hydrogens (tertiary/aromatic N) is 3. The number of amides is 1. The molecule has 0 N–H and O–H groups in total. The smallest absolute Gasteiger partial charge is 0.253 e. The topological polar surface area (TPSA) is 70.2 Å². The van der Waals surface area contributed by atoms with Gasteiger partial charge in [0, 0.05) is 51.4 Å². The van der Waals surface area contributed by atoms with Crippen molar-refractivity contribution in [3.8, 4) is 0 Å². The average Bonchev–Trinajstić information content (AvgIpc) is 2.79. The minimum Gasteiger partial charge on any atom is -0.379 e. The van der Waals surface area contributed by atoms with Gasteiger partial charge in [0.05, 0.1) is 18.1 Å². The van der Waals surface area contributed by atoms with E-state index >= 15 is 0 Å². The summed E-state index contributed by atoms with van der Waals surface area (Å²) in [6, 6.07) is 6.49. The Morgan fingerprint density at radius 2 is 1.74 bits per heavy atom. The highest BCUT2D eigenvalue weighted by molar-refractivity contribution is 7.89. The summed E-state index contributed by atoms with van der Waals surface area (Å²) in [5.74, 6) is -0.0960. The fourth-order valence-electron chi connectivity index (χ4n) is 3.82. The lowest BCUT2D eigenvalue weighted by Gasteiger charge is -2.30. The van der Waals surface area contributed by atoms with Crippen molar-refractivity contribution in [3.63, 3.8) is 0 Å². The van der Waals surface area contributed by atoms with Gasteiger partial charge in [-0.05, 0) is 24.6 Å². The molecule has 0 radical (unpaired) electrons. The molecule has 1 amide bonds. The monoisotopic (exact) mass is 453 g/mol. The van der Waals surface area contributed by atoms with Gasteiger partial charge in [-0.3, -0.25) is 9.69 Å². The second-order valence-corrected chi connectivity index (χ2v) is 9.86. The van der Waals surface area contributed by atoms with Gasteiger partial charge < -0.3 is 9.64 Å². The van der Waals surface area contributed by atoms with Gasteiger partial charge in [0.15, 0.2) is 0 Å². The highest BCUT2D eigenvalue weighted by Gasteiger charge is 2.24. The summed E-state index contributed by atoms with van der Waals surface area (Å²) in [5.41, 5.74) is 0.436. The van der Waals surface area contributed by atoms with E-state index < -0.39 is 10.0 Å². The van der Waals surface area contributed by atoms with Crippen molar-refractivity contribution in [2.24, 2.45) is 0 Å². The fraction of sp³-hybridized carbons (Fsp3) is 0.696. The zero-order valence-electron chi connectivity index (χ0n) is 19.4. The second-order valence-electron chi connectivity index (χ2n) is 7.92. The molecule has 0 bridgehead atoms. The van der Waals surface area contributed by atoms with E-state index in [1.807, 2.05) is 18.7 Å². The Kier molecular flexibility index (Phi) is 10.9. The first-order valence-electron chi connectivity index (χ1n) is 11.6. The first-order chi connectivity index (χ1) is 14.9. The molecule has 0 saturated carbocycles. The molecule has 1 aromatic carbocycles. The zero-order chi connectivity index (χ0) is 22.7. The van der Waals surface area contributed by atoms with Crippen LogP contribution in [-0.2, 0) is 14.8 Å². The van der Waals surface area contributed by atoms with Gasteiger partial charge in [0.2, 0.25) is 10.0 Å². The summed E-state index contributed by atoms with van der Waals surface area (Å²) >= 11 is 0. The lowest BCUT2D eigenvalue weighted by atomic mass is 10.1. The Balaban J connectivity index is 2.15. The molecule has 1 aliphatic rings. The summed E-state index contributed by atoms with van der Waals surface area (Å²) < 4.78 is 32.6. The molecule has 1 aromatic rings. The van der Waals surface area contributed by atoms with E-state index in [1.165, 1.54) is 10.4 Å². The van der Waals surface area contributed by atoms with Crippen molar-refractivity contribution in [2.75, 3.05) is 59.0 Å². The quantitative estimate of drug-likeness (QED) is 0.429. The molecule has 31 heavy (non-hydrogen) atoms. The zero-order valence-corrected chi connectivity index (χ0v) is 20.2. The molecule has 0 aliphatic carbocycles. The number of carbonyl (C=O) groups excluding carboxylic acids is 1. The van der Waals surface area contributed by atoms with Gasteiger partial charge in [-0.2, -0.15) is 4.31 Å². The van der Waals surface area contributed by atoms with Crippen molar-refractivity contribution >= 4 is 15.9 Å². The Bertz CT molecular complexity index is 775. The van der Waals surface area contributed by atoms with E-state index in [4.69, 9.17) is 4.74 Å². The van der Waals surface area contributed by atoms with Crippen LogP contribution < -0.4 is 0 Å². The largest absolute Gasteiger partial charge is 0.379 e. The van der Waals surface area contributed by atoms with Crippen molar-refractivity contribution in [2.45, 2.75) is 51.3 Å². The van der Waals surface area contributed by atoms with Gasteiger partial charge >= 0.3 is 0 Å². The third kappa shape index (κ3) is 7.56. The second kappa shape index (κ2) is 13.2. The number of hydrogen-bond acceptors (Lipinski definition) is 5. The number of unbranched alkanes of at least 4 members (excludes halogenated alkanes) is 3. The Hall–Kier alpha value is -1.48. The third-order valence-corrected chi connectivity index (χ3v) is 7.83. The Morgan fingerprint density at radius 3 is 2.39 bits per heavy atom. The fourth-order valence-corrected chi connectivity index (χ4v) is 5.32. The normalized spacial score (nSPS) is 15.4. The number of ether oxygens (including phenoxy) is 1. The molecule has 1 saturated heterocycles. The van der Waals surface area contributed by atoms with Gasteiger partial charge in [-0.1, -0.05) is 46.1 Å². The summed E-state index contributed by atoms with van der Waals surface area (Å²) in [7, 11) is -3.60. The van der Waals surface area contributed by atoms with E-state index in [-0.39, 0.29) is 10.8 Å². The molecular formula is C23H39N3O4S. The van der Waals surface area contributed by atoms with Crippen molar-refractivity contribution in [1.29, 1.82) is 0 Å². The molecule has 176 valence electrons. The van der Waals surface area contributed by atoms with Crippen LogP contribution in [0.15, 0.2) is 29.2 Å². The number of morpholine rings is 1. The molecule has 0 aromatic heterocycles. The van der Waals surface area contributed by atoms with Crippen LogP contribution in [0.2, 0.25) is 0 Å². The molecule has 1 heterocycles. The summed E-state index contributed by atoms with van der Waals surface area (Å²) in [4.78, 5) is 17.7. The average molecular weight is 454 g/mol.